The molecule has 3 heterocycles. The van der Waals surface area contributed by atoms with Crippen LogP contribution in [0.15, 0.2) is 54.9 Å². The number of pyridine rings is 1. The molecule has 0 bridgehead atoms. The van der Waals surface area contributed by atoms with Gasteiger partial charge in [-0.1, -0.05) is 30.3 Å². The van der Waals surface area contributed by atoms with Gasteiger partial charge in [0.05, 0.1) is 25.0 Å². The van der Waals surface area contributed by atoms with Crippen LogP contribution in [0.4, 0.5) is 15.3 Å². The van der Waals surface area contributed by atoms with Crippen LogP contribution in [-0.2, 0) is 16.0 Å². The summed E-state index contributed by atoms with van der Waals surface area (Å²) in [6, 6.07) is 13.1. The van der Waals surface area contributed by atoms with Crippen molar-refractivity contribution in [2.45, 2.75) is 64.5 Å². The minimum absolute atomic E-state index is 0.154. The van der Waals surface area contributed by atoms with Gasteiger partial charge in [0.2, 0.25) is 5.91 Å². The summed E-state index contributed by atoms with van der Waals surface area (Å²) in [5.74, 6) is 0.583. The molecule has 5 rings (SSSR count). The van der Waals surface area contributed by atoms with Crippen molar-refractivity contribution >= 4 is 34.5 Å². The van der Waals surface area contributed by atoms with Gasteiger partial charge in [-0.25, -0.2) is 9.59 Å². The van der Waals surface area contributed by atoms with E-state index in [-0.39, 0.29) is 43.6 Å². The predicted molar refractivity (Wildman–Crippen MR) is 157 cm³/mol. The molecule has 2 aliphatic rings. The molecule has 9 heteroatoms. The summed E-state index contributed by atoms with van der Waals surface area (Å²) in [5, 5.41) is 1.75. The highest BCUT2D eigenvalue weighted by molar-refractivity contribution is 6.10. The highest BCUT2D eigenvalue weighted by atomic mass is 16.6. The molecule has 1 aromatic heterocycles. The van der Waals surface area contributed by atoms with Crippen molar-refractivity contribution in [3.8, 4) is 5.75 Å². The first kappa shape index (κ1) is 28.4. The van der Waals surface area contributed by atoms with Crippen molar-refractivity contribution in [1.29, 1.82) is 0 Å². The summed E-state index contributed by atoms with van der Waals surface area (Å²) < 4.78 is 11.0. The summed E-state index contributed by atoms with van der Waals surface area (Å²) >= 11 is 0. The number of benzene rings is 2. The number of nitrogens with zero attached hydrogens (tertiary/aromatic N) is 4. The van der Waals surface area contributed by atoms with Crippen LogP contribution in [0.1, 0.15) is 63.6 Å². The van der Waals surface area contributed by atoms with E-state index in [0.717, 1.165) is 46.9 Å². The molecule has 2 aliphatic heterocycles. The van der Waals surface area contributed by atoms with E-state index in [9.17, 15) is 14.4 Å². The van der Waals surface area contributed by atoms with Crippen molar-refractivity contribution in [1.82, 2.24) is 14.8 Å². The predicted octanol–water partition coefficient (Wildman–Crippen LogP) is 6.11. The average molecular weight is 559 g/mol. The summed E-state index contributed by atoms with van der Waals surface area (Å²) in [4.78, 5) is 49.0. The third-order valence-electron chi connectivity index (χ3n) is 7.69. The molecule has 2 fully saturated rings. The number of methoxy groups -OCH3 is 1. The number of amides is 4. The zero-order chi connectivity index (χ0) is 29.1. The van der Waals surface area contributed by atoms with Gasteiger partial charge in [0, 0.05) is 43.0 Å². The molecule has 9 nitrogen and oxygen atoms in total. The fourth-order valence-corrected chi connectivity index (χ4v) is 5.67. The first-order valence-corrected chi connectivity index (χ1v) is 14.3. The number of piperidine rings is 1. The van der Waals surface area contributed by atoms with Gasteiger partial charge in [-0.15, -0.1) is 0 Å². The van der Waals surface area contributed by atoms with Crippen molar-refractivity contribution < 1.29 is 23.9 Å². The number of ether oxygens (including phenoxy) is 2. The fourth-order valence-electron chi connectivity index (χ4n) is 5.67. The van der Waals surface area contributed by atoms with Crippen LogP contribution < -0.4 is 9.64 Å². The zero-order valence-corrected chi connectivity index (χ0v) is 24.3. The average Bonchev–Trinajstić information content (AvgIpc) is 2.96. The number of fused-ring (bicyclic) bond motifs is 1. The van der Waals surface area contributed by atoms with Crippen molar-refractivity contribution in [2.24, 2.45) is 0 Å². The minimum Gasteiger partial charge on any atom is -0.497 e. The number of carbonyl (C=O) groups is 3. The van der Waals surface area contributed by atoms with Crippen LogP contribution >= 0.6 is 0 Å². The van der Waals surface area contributed by atoms with Crippen molar-refractivity contribution in [2.75, 3.05) is 31.6 Å². The molecule has 1 unspecified atom stereocenters. The standard InChI is InChI=1S/C32H38N4O5/c1-32(2,3)41-31(39)35-17-6-5-10-27(35)24-8-7-9-25-26(24)20-33-21-28(25)34-19-16-29(37)36(30(34)38)18-15-22-11-13-23(40-4)14-12-22/h7-9,11-14,20-21,27H,5-6,10,15-19H2,1-4H3. The van der Waals surface area contributed by atoms with Gasteiger partial charge < -0.3 is 14.4 Å². The molecule has 216 valence electrons. The van der Waals surface area contributed by atoms with E-state index in [2.05, 4.69) is 4.98 Å². The summed E-state index contributed by atoms with van der Waals surface area (Å²) in [6.45, 7) is 6.82. The molecule has 2 aromatic carbocycles. The van der Waals surface area contributed by atoms with Crippen LogP contribution in [0, 0.1) is 0 Å². The van der Waals surface area contributed by atoms with E-state index >= 15 is 0 Å². The number of carbonyl (C=O) groups excluding carboxylic acids is 3. The SMILES string of the molecule is COc1ccc(CCN2C(=O)CCN(c3cncc4c(C5CCCCN5C(=O)OC(C)(C)C)cccc34)C2=O)cc1. The van der Waals surface area contributed by atoms with Crippen LogP contribution in [0.25, 0.3) is 10.8 Å². The smallest absolute Gasteiger partial charge is 0.410 e. The van der Waals surface area contributed by atoms with Gasteiger partial charge in [-0.2, -0.15) is 0 Å². The summed E-state index contributed by atoms with van der Waals surface area (Å²) in [6.07, 6.45) is 6.70. The molecular weight excluding hydrogens is 520 g/mol. The first-order chi connectivity index (χ1) is 19.7. The second-order valence-corrected chi connectivity index (χ2v) is 11.6. The highest BCUT2D eigenvalue weighted by Gasteiger charge is 2.35. The van der Waals surface area contributed by atoms with Gasteiger partial charge in [0.25, 0.3) is 0 Å². The third kappa shape index (κ3) is 6.14. The van der Waals surface area contributed by atoms with Gasteiger partial charge >= 0.3 is 12.1 Å². The van der Waals surface area contributed by atoms with E-state index in [0.29, 0.717) is 18.7 Å². The molecule has 0 spiro atoms. The molecule has 41 heavy (non-hydrogen) atoms. The quantitative estimate of drug-likeness (QED) is 0.363. The van der Waals surface area contributed by atoms with Crippen LogP contribution in [-0.4, -0.2) is 65.2 Å². The van der Waals surface area contributed by atoms with Crippen molar-refractivity contribution in [3.05, 3.63) is 66.0 Å². The Hall–Kier alpha value is -4.14. The maximum Gasteiger partial charge on any atom is 0.410 e. The molecule has 4 amide bonds. The lowest BCUT2D eigenvalue weighted by Gasteiger charge is -2.38. The van der Waals surface area contributed by atoms with E-state index in [1.165, 1.54) is 4.90 Å². The molecule has 1 atom stereocenters. The Bertz CT molecular complexity index is 1430. The number of likely N-dealkylation sites (tertiary alicyclic amines) is 1. The number of imide groups is 1. The topological polar surface area (TPSA) is 92.3 Å². The third-order valence-corrected chi connectivity index (χ3v) is 7.69. The zero-order valence-electron chi connectivity index (χ0n) is 24.3. The molecule has 3 aromatic rings. The second-order valence-electron chi connectivity index (χ2n) is 11.6. The van der Waals surface area contributed by atoms with E-state index in [1.54, 1.807) is 24.4 Å². The molecule has 0 saturated carbocycles. The summed E-state index contributed by atoms with van der Waals surface area (Å²) in [7, 11) is 1.62. The first-order valence-electron chi connectivity index (χ1n) is 14.3. The van der Waals surface area contributed by atoms with E-state index < -0.39 is 5.60 Å². The fraction of sp³-hybridized carbons (Fsp3) is 0.438. The number of rotatable bonds is 6. The molecule has 2 saturated heterocycles. The lowest BCUT2D eigenvalue weighted by atomic mass is 9.92. The number of aromatic nitrogens is 1. The van der Waals surface area contributed by atoms with Gasteiger partial charge in [-0.3, -0.25) is 19.6 Å². The van der Waals surface area contributed by atoms with Gasteiger partial charge in [0.1, 0.15) is 11.4 Å². The van der Waals surface area contributed by atoms with Crippen LogP contribution in [0.3, 0.4) is 0 Å². The van der Waals surface area contributed by atoms with Crippen LogP contribution in [0.2, 0.25) is 0 Å². The number of hydrogen-bond donors (Lipinski definition) is 0. The highest BCUT2D eigenvalue weighted by Crippen LogP contribution is 2.38. The van der Waals surface area contributed by atoms with Crippen molar-refractivity contribution in [3.63, 3.8) is 0 Å². The number of anilines is 1. The van der Waals surface area contributed by atoms with Gasteiger partial charge in [0.15, 0.2) is 0 Å². The lowest BCUT2D eigenvalue weighted by molar-refractivity contribution is -0.128. The molecule has 0 radical (unpaired) electrons. The largest absolute Gasteiger partial charge is 0.497 e. The number of hydrogen-bond acceptors (Lipinski definition) is 6. The van der Waals surface area contributed by atoms with Crippen LogP contribution in [0.5, 0.6) is 5.75 Å². The molecular formula is C32H38N4O5. The van der Waals surface area contributed by atoms with Gasteiger partial charge in [-0.05, 0) is 69.7 Å². The lowest BCUT2D eigenvalue weighted by Crippen LogP contribution is -2.53. The Kier molecular flexibility index (Phi) is 8.15. The maximum absolute atomic E-state index is 13.7. The summed E-state index contributed by atoms with van der Waals surface area (Å²) in [5.41, 5.74) is 2.08. The van der Waals surface area contributed by atoms with E-state index in [1.807, 2.05) is 68.1 Å². The maximum atomic E-state index is 13.7. The number of urea groups is 1. The second kappa shape index (κ2) is 11.8. The Morgan fingerprint density at radius 2 is 1.78 bits per heavy atom. The Morgan fingerprint density at radius 3 is 2.51 bits per heavy atom. The monoisotopic (exact) mass is 558 g/mol. The van der Waals surface area contributed by atoms with E-state index in [4.69, 9.17) is 9.47 Å². The Morgan fingerprint density at radius 1 is 1.00 bits per heavy atom. The molecule has 0 N–H and O–H groups in total. The Balaban J connectivity index is 1.42. The Labute approximate surface area is 241 Å². The normalized spacial score (nSPS) is 18.1. The minimum atomic E-state index is -0.585. The molecule has 0 aliphatic carbocycles.